The quantitative estimate of drug-likeness (QED) is 0.0452. The zero-order valence-electron chi connectivity index (χ0n) is 34.1. The van der Waals surface area contributed by atoms with Crippen molar-refractivity contribution in [2.24, 2.45) is 0 Å². The SMILES string of the molecule is CCCCCCCCCCCCCCCC1=C(c2ccc(CCCC)cc2)[N+](=[N-])C(c2ccc(CCCC)cc2)=C1.CCCC[O][Ni][O]CCCC. The number of nitrogens with zero attached hydrogens (tertiary/aromatic N) is 2. The van der Waals surface area contributed by atoms with Crippen molar-refractivity contribution in [2.45, 2.75) is 189 Å². The third-order valence-electron chi connectivity index (χ3n) is 9.92. The van der Waals surface area contributed by atoms with Crippen LogP contribution in [0.2, 0.25) is 0 Å². The van der Waals surface area contributed by atoms with Gasteiger partial charge in [0, 0.05) is 22.8 Å². The van der Waals surface area contributed by atoms with Crippen LogP contribution in [0.5, 0.6) is 0 Å². The van der Waals surface area contributed by atoms with Crippen molar-refractivity contribution < 1.29 is 27.5 Å². The third-order valence-corrected chi connectivity index (χ3v) is 10.6. The Morgan fingerprint density at radius 3 is 1.31 bits per heavy atom. The molecular weight excluding hydrogens is 683 g/mol. The van der Waals surface area contributed by atoms with Crippen LogP contribution in [0.3, 0.4) is 0 Å². The van der Waals surface area contributed by atoms with Crippen molar-refractivity contribution in [3.05, 3.63) is 88.0 Å². The molecule has 0 unspecified atom stereocenters. The minimum atomic E-state index is 0.808. The van der Waals surface area contributed by atoms with E-state index in [1.165, 1.54) is 143 Å². The molecule has 0 radical (unpaired) electrons. The van der Waals surface area contributed by atoms with Crippen LogP contribution < -0.4 is 0 Å². The number of unbranched alkanes of at least 4 members (excludes halogenated alkanes) is 16. The van der Waals surface area contributed by atoms with Gasteiger partial charge in [0.2, 0.25) is 11.4 Å². The van der Waals surface area contributed by atoms with Gasteiger partial charge < -0.3 is 5.53 Å². The Morgan fingerprint density at radius 1 is 0.462 bits per heavy atom. The number of aryl methyl sites for hydroxylation is 2. The zero-order chi connectivity index (χ0) is 37.5. The summed E-state index contributed by atoms with van der Waals surface area (Å²) < 4.78 is 11.7. The van der Waals surface area contributed by atoms with Crippen LogP contribution in [0.25, 0.3) is 16.9 Å². The average Bonchev–Trinajstić information content (AvgIpc) is 3.50. The molecule has 1 aliphatic rings. The van der Waals surface area contributed by atoms with Crippen LogP contribution >= 0.6 is 0 Å². The molecule has 0 N–H and O–H groups in total. The van der Waals surface area contributed by atoms with Gasteiger partial charge in [0.05, 0.1) is 0 Å². The monoisotopic (exact) mass is 759 g/mol. The van der Waals surface area contributed by atoms with Crippen molar-refractivity contribution in [1.29, 1.82) is 0 Å². The summed E-state index contributed by atoms with van der Waals surface area (Å²) in [4.78, 5) is 0. The van der Waals surface area contributed by atoms with E-state index in [1.807, 2.05) is 0 Å². The van der Waals surface area contributed by atoms with E-state index >= 15 is 0 Å². The van der Waals surface area contributed by atoms with Crippen LogP contribution in [0.4, 0.5) is 0 Å². The van der Waals surface area contributed by atoms with Crippen molar-refractivity contribution in [3.63, 3.8) is 0 Å². The van der Waals surface area contributed by atoms with Gasteiger partial charge in [-0.2, -0.15) is 0 Å². The number of allylic oxidation sites excluding steroid dienone is 2. The fourth-order valence-corrected chi connectivity index (χ4v) is 7.01. The molecule has 296 valence electrons. The number of benzene rings is 2. The Balaban J connectivity index is 0.000000734. The van der Waals surface area contributed by atoms with E-state index in [1.54, 1.807) is 0 Å². The molecule has 4 nitrogen and oxygen atoms in total. The summed E-state index contributed by atoms with van der Waals surface area (Å²) in [5.41, 5.74) is 19.6. The maximum atomic E-state index is 11.5. The molecule has 0 saturated carbocycles. The molecule has 2 aromatic carbocycles. The first-order valence-electron chi connectivity index (χ1n) is 21.5. The van der Waals surface area contributed by atoms with Crippen molar-refractivity contribution in [1.82, 2.24) is 0 Å². The zero-order valence-corrected chi connectivity index (χ0v) is 35.1. The maximum absolute atomic E-state index is 11.5. The predicted octanol–water partition coefficient (Wildman–Crippen LogP) is 15.2. The van der Waals surface area contributed by atoms with Crippen molar-refractivity contribution >= 4 is 11.4 Å². The van der Waals surface area contributed by atoms with E-state index in [-0.39, 0.29) is 0 Å². The molecule has 0 atom stereocenters. The standard InChI is InChI=1S/C39H58N2.2C4H9O.Ni/c1-4-7-10-11-12-13-14-15-16-17-18-19-20-23-37-32-38(35-28-24-33(25-29-35)21-8-5-2)41(40)39(37)36-30-26-34(27-31-36)22-9-6-3;2*1-2-3-4-5;/h24-32H,4-23H2,1-3H3;2*2-4H2,1H3;/q;2*-1;+2. The molecular formula is C47H76N2NiO2. The molecule has 1 heterocycles. The summed E-state index contributed by atoms with van der Waals surface area (Å²) in [7, 11) is 0. The summed E-state index contributed by atoms with van der Waals surface area (Å²) >= 11 is 0.968. The summed E-state index contributed by atoms with van der Waals surface area (Å²) in [6.07, 6.45) is 32.8. The molecule has 3 rings (SSSR count). The average molecular weight is 760 g/mol. The van der Waals surface area contributed by atoms with Crippen LogP contribution in [-0.2, 0) is 35.7 Å². The topological polar surface area (TPSA) is 43.8 Å². The molecule has 0 aromatic heterocycles. The van der Waals surface area contributed by atoms with Crippen LogP contribution in [0.1, 0.15) is 198 Å². The van der Waals surface area contributed by atoms with Gasteiger partial charge in [0.1, 0.15) is 0 Å². The molecule has 0 aliphatic carbocycles. The summed E-state index contributed by atoms with van der Waals surface area (Å²) in [5.74, 6) is 0. The van der Waals surface area contributed by atoms with Crippen LogP contribution in [0.15, 0.2) is 60.2 Å². The normalized spacial score (nSPS) is 12.8. The Labute approximate surface area is 327 Å². The molecule has 5 heteroatoms. The van der Waals surface area contributed by atoms with Gasteiger partial charge in [0.25, 0.3) is 0 Å². The second kappa shape index (κ2) is 31.3. The number of hydrogen-bond acceptors (Lipinski definition) is 2. The van der Waals surface area contributed by atoms with Gasteiger partial charge in [-0.05, 0) is 73.9 Å². The molecule has 0 spiro atoms. The van der Waals surface area contributed by atoms with E-state index in [0.717, 1.165) is 82.9 Å². The second-order valence-electron chi connectivity index (χ2n) is 14.7. The fourth-order valence-electron chi connectivity index (χ4n) is 6.48. The third kappa shape index (κ3) is 19.8. The van der Waals surface area contributed by atoms with Gasteiger partial charge in [-0.15, -0.1) is 0 Å². The first-order valence-corrected chi connectivity index (χ1v) is 22.4. The Morgan fingerprint density at radius 2 is 0.865 bits per heavy atom. The van der Waals surface area contributed by atoms with E-state index in [9.17, 15) is 5.53 Å². The van der Waals surface area contributed by atoms with Gasteiger partial charge in [-0.25, -0.2) is 4.70 Å². The second-order valence-corrected chi connectivity index (χ2v) is 15.4. The van der Waals surface area contributed by atoms with Crippen LogP contribution in [0, 0.1) is 0 Å². The van der Waals surface area contributed by atoms with Gasteiger partial charge in [-0.3, -0.25) is 0 Å². The molecule has 0 bridgehead atoms. The Kier molecular flexibility index (Phi) is 27.7. The van der Waals surface area contributed by atoms with E-state index in [4.69, 9.17) is 7.76 Å². The number of hydrogen-bond donors (Lipinski definition) is 0. The van der Waals surface area contributed by atoms with E-state index in [2.05, 4.69) is 89.2 Å². The minimum absolute atomic E-state index is 0.808. The summed E-state index contributed by atoms with van der Waals surface area (Å²) in [6, 6.07) is 17.7. The molecule has 0 amide bonds. The van der Waals surface area contributed by atoms with Crippen molar-refractivity contribution in [3.8, 4) is 0 Å². The van der Waals surface area contributed by atoms with Crippen LogP contribution in [-0.4, -0.2) is 17.9 Å². The first-order chi connectivity index (χ1) is 25.6. The van der Waals surface area contributed by atoms with E-state index < -0.39 is 0 Å². The predicted molar refractivity (Wildman–Crippen MR) is 221 cm³/mol. The fraction of sp³-hybridized carbons (Fsp3) is 0.660. The summed E-state index contributed by atoms with van der Waals surface area (Å²) in [5, 5.41) is 0. The molecule has 52 heavy (non-hydrogen) atoms. The molecule has 2 aromatic rings. The van der Waals surface area contributed by atoms with Gasteiger partial charge in [0.15, 0.2) is 0 Å². The van der Waals surface area contributed by atoms with Gasteiger partial charge >= 0.3 is 75.6 Å². The Bertz CT molecular complexity index is 1230. The Hall–Kier alpha value is -2.07. The summed E-state index contributed by atoms with van der Waals surface area (Å²) in [6.45, 7) is 12.7. The first kappa shape index (κ1) is 46.1. The molecule has 0 fully saturated rings. The molecule has 1 aliphatic heterocycles. The van der Waals surface area contributed by atoms with Crippen molar-refractivity contribution in [2.75, 3.05) is 13.2 Å². The van der Waals surface area contributed by atoms with Gasteiger partial charge in [-0.1, -0.05) is 135 Å². The number of rotatable bonds is 30. The molecule has 0 saturated heterocycles. The van der Waals surface area contributed by atoms with E-state index in [0.29, 0.717) is 0 Å².